The van der Waals surface area contributed by atoms with Gasteiger partial charge in [0.2, 0.25) is 0 Å². The first-order valence-electron chi connectivity index (χ1n) is 12.2. The quantitative estimate of drug-likeness (QED) is 0.281. The minimum atomic E-state index is -1.12. The van der Waals surface area contributed by atoms with Crippen molar-refractivity contribution in [1.29, 1.82) is 0 Å². The van der Waals surface area contributed by atoms with Crippen molar-refractivity contribution in [3.63, 3.8) is 0 Å². The molecule has 4 aliphatic rings. The zero-order valence-corrected chi connectivity index (χ0v) is 20.5. The van der Waals surface area contributed by atoms with Crippen LogP contribution in [0, 0.1) is 11.8 Å². The van der Waals surface area contributed by atoms with Crippen molar-refractivity contribution >= 4 is 35.6 Å². The van der Waals surface area contributed by atoms with Crippen molar-refractivity contribution in [3.05, 3.63) is 117 Å². The van der Waals surface area contributed by atoms with E-state index in [1.165, 1.54) is 18.3 Å². The molecular formula is C30H19ClN2O5. The smallest absolute Gasteiger partial charge is 0.337 e. The van der Waals surface area contributed by atoms with Gasteiger partial charge in [0, 0.05) is 17.4 Å². The number of hydrazone groups is 1. The molecule has 0 saturated carbocycles. The standard InChI is InChI=1S/C30H19ClN2O5/c31-22-13-15(9-11-21(22)30(36)37)23-12-10-16(38-23)14-32-33-28(34)26-24-17-5-1-2-6-18(17)25(27(26)29(33)35)20-8-4-3-7-19(20)24/h1-14,24-27H,(H,36,37)/b32-14-/t24?,25?,26-,27-/m0/s1. The van der Waals surface area contributed by atoms with Gasteiger partial charge in [-0.25, -0.2) is 4.79 Å². The Bertz CT molecular complexity index is 1590. The van der Waals surface area contributed by atoms with Crippen molar-refractivity contribution in [2.24, 2.45) is 16.9 Å². The van der Waals surface area contributed by atoms with Crippen LogP contribution in [0.25, 0.3) is 11.3 Å². The van der Waals surface area contributed by atoms with Crippen LogP contribution in [0.5, 0.6) is 0 Å². The first-order valence-corrected chi connectivity index (χ1v) is 12.5. The normalized spacial score (nSPS) is 23.0. The Morgan fingerprint density at radius 2 is 1.39 bits per heavy atom. The molecule has 38 heavy (non-hydrogen) atoms. The number of carboxylic acids is 1. The molecule has 1 aromatic heterocycles. The fourth-order valence-electron chi connectivity index (χ4n) is 6.31. The highest BCUT2D eigenvalue weighted by molar-refractivity contribution is 6.33. The lowest BCUT2D eigenvalue weighted by molar-refractivity contribution is -0.139. The zero-order chi connectivity index (χ0) is 26.1. The Morgan fingerprint density at radius 1 is 0.842 bits per heavy atom. The Labute approximate surface area is 222 Å². The van der Waals surface area contributed by atoms with Gasteiger partial charge in [0.15, 0.2) is 0 Å². The van der Waals surface area contributed by atoms with Crippen molar-refractivity contribution in [1.82, 2.24) is 5.01 Å². The number of aromatic carboxylic acids is 1. The number of carbonyl (C=O) groups excluding carboxylic acids is 2. The molecule has 3 aliphatic carbocycles. The SMILES string of the molecule is O=C(O)c1ccc(-c2ccc(/C=N\N3C(=O)[C@H]4C5c6ccccc6C(c6ccccc65)[C@@H]4C3=O)o2)cc1Cl. The first kappa shape index (κ1) is 22.7. The topological polar surface area (TPSA) is 100 Å². The Kier molecular flexibility index (Phi) is 4.93. The summed E-state index contributed by atoms with van der Waals surface area (Å²) in [5, 5.41) is 14.5. The number of nitrogens with zero attached hydrogens (tertiary/aromatic N) is 2. The summed E-state index contributed by atoms with van der Waals surface area (Å²) in [7, 11) is 0. The lowest BCUT2D eigenvalue weighted by Crippen LogP contribution is -2.41. The molecule has 7 nitrogen and oxygen atoms in total. The van der Waals surface area contributed by atoms with Crippen LogP contribution in [-0.4, -0.2) is 34.1 Å². The van der Waals surface area contributed by atoms with E-state index in [-0.39, 0.29) is 34.2 Å². The van der Waals surface area contributed by atoms with Gasteiger partial charge in [-0.2, -0.15) is 10.1 Å². The molecule has 8 heteroatoms. The molecule has 0 spiro atoms. The summed E-state index contributed by atoms with van der Waals surface area (Å²) in [6, 6.07) is 24.0. The van der Waals surface area contributed by atoms with Gasteiger partial charge in [-0.1, -0.05) is 66.2 Å². The van der Waals surface area contributed by atoms with Gasteiger partial charge < -0.3 is 9.52 Å². The molecule has 186 valence electrons. The van der Waals surface area contributed by atoms with Crippen molar-refractivity contribution in [3.8, 4) is 11.3 Å². The van der Waals surface area contributed by atoms with E-state index in [0.717, 1.165) is 27.3 Å². The fourth-order valence-corrected chi connectivity index (χ4v) is 6.57. The number of carboxylic acid groups (broad SMARTS) is 1. The predicted molar refractivity (Wildman–Crippen MR) is 139 cm³/mol. The molecule has 1 saturated heterocycles. The second-order valence-electron chi connectivity index (χ2n) is 9.70. The third kappa shape index (κ3) is 3.15. The maximum absolute atomic E-state index is 13.6. The highest BCUT2D eigenvalue weighted by Crippen LogP contribution is 2.60. The minimum Gasteiger partial charge on any atom is -0.478 e. The van der Waals surface area contributed by atoms with Crippen LogP contribution < -0.4 is 0 Å². The Balaban J connectivity index is 1.20. The molecule has 2 bridgehead atoms. The van der Waals surface area contributed by atoms with Crippen molar-refractivity contribution in [2.45, 2.75) is 11.8 Å². The number of halogens is 1. The van der Waals surface area contributed by atoms with E-state index in [9.17, 15) is 19.5 Å². The van der Waals surface area contributed by atoms with Crippen molar-refractivity contribution in [2.75, 3.05) is 0 Å². The lowest BCUT2D eigenvalue weighted by Gasteiger charge is -2.45. The number of hydrogen-bond donors (Lipinski definition) is 1. The van der Waals surface area contributed by atoms with Gasteiger partial charge in [0.1, 0.15) is 11.5 Å². The van der Waals surface area contributed by atoms with Gasteiger partial charge >= 0.3 is 5.97 Å². The van der Waals surface area contributed by atoms with E-state index in [2.05, 4.69) is 29.4 Å². The minimum absolute atomic E-state index is 0.00504. The highest BCUT2D eigenvalue weighted by Gasteiger charge is 2.61. The fraction of sp³-hybridized carbons (Fsp3) is 0.133. The summed E-state index contributed by atoms with van der Waals surface area (Å²) in [4.78, 5) is 38.5. The van der Waals surface area contributed by atoms with Crippen LogP contribution in [0.15, 0.2) is 88.4 Å². The summed E-state index contributed by atoms with van der Waals surface area (Å²) in [5.41, 5.74) is 5.00. The van der Waals surface area contributed by atoms with Gasteiger partial charge in [0.05, 0.1) is 28.6 Å². The van der Waals surface area contributed by atoms with Crippen LogP contribution in [0.2, 0.25) is 5.02 Å². The monoisotopic (exact) mass is 522 g/mol. The van der Waals surface area contributed by atoms with Gasteiger partial charge in [-0.3, -0.25) is 9.59 Å². The summed E-state index contributed by atoms with van der Waals surface area (Å²) >= 11 is 6.09. The molecule has 2 heterocycles. The predicted octanol–water partition coefficient (Wildman–Crippen LogP) is 5.52. The van der Waals surface area contributed by atoms with E-state index >= 15 is 0 Å². The molecule has 2 atom stereocenters. The molecule has 0 unspecified atom stereocenters. The maximum Gasteiger partial charge on any atom is 0.337 e. The van der Waals surface area contributed by atoms with E-state index in [1.807, 2.05) is 24.3 Å². The number of hydrogen-bond acceptors (Lipinski definition) is 5. The number of amides is 2. The molecular weight excluding hydrogens is 504 g/mol. The molecule has 4 aromatic rings. The Morgan fingerprint density at radius 3 is 1.89 bits per heavy atom. The second kappa shape index (κ2) is 8.26. The molecule has 1 N–H and O–H groups in total. The van der Waals surface area contributed by atoms with E-state index in [0.29, 0.717) is 17.1 Å². The number of imide groups is 1. The largest absolute Gasteiger partial charge is 0.478 e. The third-order valence-electron chi connectivity index (χ3n) is 7.84. The van der Waals surface area contributed by atoms with Crippen LogP contribution in [0.1, 0.15) is 50.2 Å². The highest BCUT2D eigenvalue weighted by atomic mass is 35.5. The van der Waals surface area contributed by atoms with E-state index in [4.69, 9.17) is 16.0 Å². The summed E-state index contributed by atoms with van der Waals surface area (Å²) in [6.45, 7) is 0. The molecule has 3 aromatic carbocycles. The zero-order valence-electron chi connectivity index (χ0n) is 19.7. The third-order valence-corrected chi connectivity index (χ3v) is 8.15. The maximum atomic E-state index is 13.6. The molecule has 0 radical (unpaired) electrons. The van der Waals surface area contributed by atoms with Crippen LogP contribution >= 0.6 is 11.6 Å². The summed E-state index contributed by atoms with van der Waals surface area (Å²) < 4.78 is 5.83. The summed E-state index contributed by atoms with van der Waals surface area (Å²) in [6.07, 6.45) is 1.35. The molecule has 1 aliphatic heterocycles. The van der Waals surface area contributed by atoms with E-state index in [1.54, 1.807) is 18.2 Å². The Hall–Kier alpha value is -4.49. The van der Waals surface area contributed by atoms with Gasteiger partial charge in [-0.15, -0.1) is 0 Å². The van der Waals surface area contributed by atoms with Gasteiger partial charge in [-0.05, 0) is 46.5 Å². The first-order chi connectivity index (χ1) is 18.4. The number of furan rings is 1. The van der Waals surface area contributed by atoms with Crippen molar-refractivity contribution < 1.29 is 23.9 Å². The molecule has 1 fully saturated rings. The number of carbonyl (C=O) groups is 3. The average Bonchev–Trinajstić information content (AvgIpc) is 3.50. The van der Waals surface area contributed by atoms with Crippen LogP contribution in [0.4, 0.5) is 0 Å². The molecule has 2 amide bonds. The lowest BCUT2D eigenvalue weighted by atomic mass is 9.55. The molecule has 8 rings (SSSR count). The second-order valence-corrected chi connectivity index (χ2v) is 10.1. The van der Waals surface area contributed by atoms with Gasteiger partial charge in [0.25, 0.3) is 11.8 Å². The number of benzene rings is 3. The number of rotatable bonds is 4. The van der Waals surface area contributed by atoms with Crippen LogP contribution in [-0.2, 0) is 9.59 Å². The van der Waals surface area contributed by atoms with E-state index < -0.39 is 17.8 Å². The average molecular weight is 523 g/mol. The summed E-state index contributed by atoms with van der Waals surface area (Å²) in [5.74, 6) is -2.34. The van der Waals surface area contributed by atoms with Crippen LogP contribution in [0.3, 0.4) is 0 Å².